The van der Waals surface area contributed by atoms with E-state index in [-0.39, 0.29) is 5.82 Å². The van der Waals surface area contributed by atoms with Crippen molar-refractivity contribution in [3.63, 3.8) is 0 Å². The molecular weight excluding hydrogens is 389 g/mol. The van der Waals surface area contributed by atoms with Crippen LogP contribution in [-0.4, -0.2) is 21.2 Å². The van der Waals surface area contributed by atoms with Crippen LogP contribution in [0, 0.1) is 5.82 Å². The van der Waals surface area contributed by atoms with Crippen molar-refractivity contribution in [2.45, 2.75) is 15.7 Å². The Morgan fingerprint density at radius 3 is 2.43 bits per heavy atom. The third-order valence-electron chi connectivity index (χ3n) is 4.33. The van der Waals surface area contributed by atoms with Crippen molar-refractivity contribution >= 4 is 23.5 Å². The van der Waals surface area contributed by atoms with Gasteiger partial charge in [-0.25, -0.2) is 14.4 Å². The number of aromatic amines is 1. The zero-order chi connectivity index (χ0) is 19.3. The summed E-state index contributed by atoms with van der Waals surface area (Å²) >= 11 is 3.42. The Kier molecular flexibility index (Phi) is 5.78. The minimum Gasteiger partial charge on any atom is -0.345 e. The zero-order valence-electron chi connectivity index (χ0n) is 15.2. The average molecular weight is 408 g/mol. The van der Waals surface area contributed by atoms with Gasteiger partial charge in [0, 0.05) is 40.4 Å². The molecule has 1 N–H and O–H groups in total. The van der Waals surface area contributed by atoms with Crippen LogP contribution in [0.5, 0.6) is 0 Å². The van der Waals surface area contributed by atoms with E-state index in [0.717, 1.165) is 33.3 Å². The molecule has 4 rings (SSSR count). The summed E-state index contributed by atoms with van der Waals surface area (Å²) in [6.45, 7) is 0. The van der Waals surface area contributed by atoms with E-state index in [9.17, 15) is 4.39 Å². The van der Waals surface area contributed by atoms with Crippen LogP contribution in [0.15, 0.2) is 83.1 Å². The van der Waals surface area contributed by atoms with Gasteiger partial charge in [0.15, 0.2) is 0 Å². The molecule has 0 atom stereocenters. The predicted octanol–water partition coefficient (Wildman–Crippen LogP) is 6.29. The third kappa shape index (κ3) is 4.29. The number of halogens is 1. The molecule has 0 spiro atoms. The lowest BCUT2D eigenvalue weighted by atomic mass is 10.0. The summed E-state index contributed by atoms with van der Waals surface area (Å²) in [5.41, 5.74) is 4.03. The predicted molar refractivity (Wildman–Crippen MR) is 115 cm³/mol. The summed E-state index contributed by atoms with van der Waals surface area (Å²) in [4.78, 5) is 13.4. The van der Waals surface area contributed by atoms with Crippen molar-refractivity contribution in [1.29, 1.82) is 0 Å². The summed E-state index contributed by atoms with van der Waals surface area (Å²) in [6.07, 6.45) is 7.44. The molecule has 2 aromatic heterocycles. The molecular formula is C22H18FN3S2. The largest absolute Gasteiger partial charge is 0.345 e. The van der Waals surface area contributed by atoms with Crippen molar-refractivity contribution in [3.8, 4) is 22.5 Å². The molecule has 0 aliphatic rings. The fourth-order valence-corrected chi connectivity index (χ4v) is 4.11. The Balaban J connectivity index is 1.62. The molecule has 140 valence electrons. The Labute approximate surface area is 171 Å². The molecule has 0 saturated carbocycles. The molecule has 0 aliphatic heterocycles. The molecule has 0 saturated heterocycles. The number of hydrogen-bond donors (Lipinski definition) is 1. The zero-order valence-corrected chi connectivity index (χ0v) is 16.9. The van der Waals surface area contributed by atoms with E-state index in [0.29, 0.717) is 0 Å². The number of thioether (sulfide) groups is 2. The molecule has 0 unspecified atom stereocenters. The van der Waals surface area contributed by atoms with Gasteiger partial charge in [-0.3, -0.25) is 0 Å². The summed E-state index contributed by atoms with van der Waals surface area (Å²) in [6, 6.07) is 17.1. The lowest BCUT2D eigenvalue weighted by molar-refractivity contribution is 0.628. The lowest BCUT2D eigenvalue weighted by Crippen LogP contribution is -1.92. The SMILES string of the molecule is CSc1ccc(CSc2cc(-c3ncc[nH]3)c(-c3ccc(F)cc3)cn2)cc1. The minimum absolute atomic E-state index is 0.254. The van der Waals surface area contributed by atoms with Crippen molar-refractivity contribution < 1.29 is 4.39 Å². The van der Waals surface area contributed by atoms with Crippen LogP contribution in [0.25, 0.3) is 22.5 Å². The highest BCUT2D eigenvalue weighted by atomic mass is 32.2. The first-order valence-electron chi connectivity index (χ1n) is 8.74. The number of imidazole rings is 1. The molecule has 4 aromatic rings. The molecule has 3 nitrogen and oxygen atoms in total. The van der Waals surface area contributed by atoms with Crippen LogP contribution in [0.3, 0.4) is 0 Å². The van der Waals surface area contributed by atoms with E-state index < -0.39 is 0 Å². The maximum Gasteiger partial charge on any atom is 0.138 e. The normalized spacial score (nSPS) is 10.9. The number of H-pyrrole nitrogens is 1. The molecule has 2 aromatic carbocycles. The smallest absolute Gasteiger partial charge is 0.138 e. The lowest BCUT2D eigenvalue weighted by Gasteiger charge is -2.10. The van der Waals surface area contributed by atoms with Crippen LogP contribution < -0.4 is 0 Å². The van der Waals surface area contributed by atoms with Crippen molar-refractivity contribution in [2.24, 2.45) is 0 Å². The van der Waals surface area contributed by atoms with Gasteiger partial charge in [-0.1, -0.05) is 24.3 Å². The van der Waals surface area contributed by atoms with Crippen LogP contribution in [0.1, 0.15) is 5.56 Å². The van der Waals surface area contributed by atoms with E-state index >= 15 is 0 Å². The van der Waals surface area contributed by atoms with Gasteiger partial charge in [-0.05, 0) is 47.7 Å². The summed E-state index contributed by atoms with van der Waals surface area (Å²) < 4.78 is 13.3. The van der Waals surface area contributed by atoms with E-state index in [1.54, 1.807) is 48.1 Å². The first-order valence-corrected chi connectivity index (χ1v) is 11.0. The minimum atomic E-state index is -0.254. The van der Waals surface area contributed by atoms with Gasteiger partial charge in [0.1, 0.15) is 11.6 Å². The number of rotatable bonds is 6. The van der Waals surface area contributed by atoms with E-state index in [2.05, 4.69) is 45.5 Å². The number of benzene rings is 2. The number of pyridine rings is 1. The molecule has 6 heteroatoms. The molecule has 2 heterocycles. The standard InChI is InChI=1S/C22H18FN3S2/c1-27-18-8-2-15(3-9-18)14-28-21-12-19(22-24-10-11-25-22)20(13-26-21)16-4-6-17(23)7-5-16/h2-13H,14H2,1H3,(H,24,25). The van der Waals surface area contributed by atoms with Gasteiger partial charge in [0.05, 0.1) is 5.03 Å². The van der Waals surface area contributed by atoms with E-state index in [1.807, 2.05) is 12.3 Å². The van der Waals surface area contributed by atoms with E-state index in [1.165, 1.54) is 22.6 Å². The highest BCUT2D eigenvalue weighted by molar-refractivity contribution is 7.98. The second-order valence-corrected chi connectivity index (χ2v) is 8.02. The fourth-order valence-electron chi connectivity index (χ4n) is 2.86. The van der Waals surface area contributed by atoms with Crippen molar-refractivity contribution in [2.75, 3.05) is 6.26 Å². The third-order valence-corrected chi connectivity index (χ3v) is 6.07. The Hall–Kier alpha value is -2.57. The van der Waals surface area contributed by atoms with Crippen LogP contribution in [0.2, 0.25) is 0 Å². The summed E-state index contributed by atoms with van der Waals surface area (Å²) in [5, 5.41) is 0.922. The van der Waals surface area contributed by atoms with Crippen molar-refractivity contribution in [1.82, 2.24) is 15.0 Å². The highest BCUT2D eigenvalue weighted by Crippen LogP contribution is 2.33. The molecule has 0 amide bonds. The maximum atomic E-state index is 13.3. The topological polar surface area (TPSA) is 41.6 Å². The van der Waals surface area contributed by atoms with Gasteiger partial charge in [-0.2, -0.15) is 0 Å². The molecule has 0 fully saturated rings. The van der Waals surface area contributed by atoms with E-state index in [4.69, 9.17) is 0 Å². The molecule has 28 heavy (non-hydrogen) atoms. The second kappa shape index (κ2) is 8.63. The quantitative estimate of drug-likeness (QED) is 0.381. The second-order valence-electron chi connectivity index (χ2n) is 6.15. The highest BCUT2D eigenvalue weighted by Gasteiger charge is 2.12. The van der Waals surface area contributed by atoms with Gasteiger partial charge in [0.2, 0.25) is 0 Å². The summed E-state index contributed by atoms with van der Waals surface area (Å²) in [5.74, 6) is 1.36. The van der Waals surface area contributed by atoms with Gasteiger partial charge >= 0.3 is 0 Å². The van der Waals surface area contributed by atoms with Crippen LogP contribution in [0.4, 0.5) is 4.39 Å². The number of hydrogen-bond acceptors (Lipinski definition) is 4. The van der Waals surface area contributed by atoms with Crippen LogP contribution >= 0.6 is 23.5 Å². The number of nitrogens with one attached hydrogen (secondary N) is 1. The summed E-state index contributed by atoms with van der Waals surface area (Å²) in [7, 11) is 0. The monoisotopic (exact) mass is 407 g/mol. The Bertz CT molecular complexity index is 1050. The molecule has 0 radical (unpaired) electrons. The first kappa shape index (κ1) is 18.8. The van der Waals surface area contributed by atoms with Gasteiger partial charge in [-0.15, -0.1) is 23.5 Å². The molecule has 0 bridgehead atoms. The Morgan fingerprint density at radius 2 is 1.75 bits per heavy atom. The van der Waals surface area contributed by atoms with Crippen molar-refractivity contribution in [3.05, 3.63) is 84.6 Å². The van der Waals surface area contributed by atoms with Gasteiger partial charge in [0.25, 0.3) is 0 Å². The first-order chi connectivity index (χ1) is 13.7. The Morgan fingerprint density at radius 1 is 0.964 bits per heavy atom. The fraction of sp³-hybridized carbons (Fsp3) is 0.0909. The average Bonchev–Trinajstić information content (AvgIpc) is 3.28. The van der Waals surface area contributed by atoms with Crippen LogP contribution in [-0.2, 0) is 5.75 Å². The number of aromatic nitrogens is 3. The molecule has 0 aliphatic carbocycles. The maximum absolute atomic E-state index is 13.3. The van der Waals surface area contributed by atoms with Gasteiger partial charge < -0.3 is 4.98 Å². The number of nitrogens with zero attached hydrogens (tertiary/aromatic N) is 2.